The van der Waals surface area contributed by atoms with Gasteiger partial charge in [0.25, 0.3) is 0 Å². The molecule has 0 saturated heterocycles. The smallest absolute Gasteiger partial charge is 0.318 e. The Morgan fingerprint density at radius 1 is 0.786 bits per heavy atom. The molecule has 0 saturated carbocycles. The van der Waals surface area contributed by atoms with Gasteiger partial charge in [-0.1, -0.05) is 0 Å². The number of carbonyl (C=O) groups is 4. The van der Waals surface area contributed by atoms with E-state index in [1.165, 1.54) is 12.1 Å². The summed E-state index contributed by atoms with van der Waals surface area (Å²) in [5, 5.41) is 0. The summed E-state index contributed by atoms with van der Waals surface area (Å²) < 4.78 is 11.4. The van der Waals surface area contributed by atoms with Crippen LogP contribution in [0.25, 0.3) is 0 Å². The average molecular weight is 552 g/mol. The van der Waals surface area contributed by atoms with Gasteiger partial charge in [-0.25, -0.2) is 0 Å². The lowest BCUT2D eigenvalue weighted by Crippen LogP contribution is -2.42. The molecule has 0 radical (unpaired) electrons. The second kappa shape index (κ2) is 10.4. The van der Waals surface area contributed by atoms with Crippen molar-refractivity contribution in [1.29, 1.82) is 0 Å². The van der Waals surface area contributed by atoms with Crippen LogP contribution in [-0.4, -0.2) is 36.7 Å². The number of hydrogen-bond acceptors (Lipinski definition) is 8. The van der Waals surface area contributed by atoms with Gasteiger partial charge in [0.15, 0.2) is 11.6 Å². The minimum atomic E-state index is -1.63. The number of thiophene rings is 2. The first kappa shape index (κ1) is 22.9. The van der Waals surface area contributed by atoms with Gasteiger partial charge in [-0.15, -0.1) is 22.7 Å². The molecule has 2 aromatic heterocycles. The summed E-state index contributed by atoms with van der Waals surface area (Å²) in [7, 11) is 0. The van der Waals surface area contributed by atoms with Crippen molar-refractivity contribution in [3.63, 3.8) is 0 Å². The molecule has 0 aliphatic heterocycles. The van der Waals surface area contributed by atoms with Crippen molar-refractivity contribution in [3.05, 3.63) is 41.6 Å². The van der Waals surface area contributed by atoms with Crippen LogP contribution in [0.3, 0.4) is 0 Å². The van der Waals surface area contributed by atoms with Crippen molar-refractivity contribution in [2.24, 2.45) is 11.8 Å². The normalized spacial score (nSPS) is 12.9. The predicted octanol–water partition coefficient (Wildman–Crippen LogP) is 4.76. The topological polar surface area (TPSA) is 86.7 Å². The fourth-order valence-electron chi connectivity index (χ4n) is 2.45. The van der Waals surface area contributed by atoms with Gasteiger partial charge in [0, 0.05) is 0 Å². The lowest BCUT2D eigenvalue weighted by Gasteiger charge is -2.21. The third-order valence-electron chi connectivity index (χ3n) is 3.61. The molecule has 10 heteroatoms. The van der Waals surface area contributed by atoms with Crippen molar-refractivity contribution in [2.45, 2.75) is 13.8 Å². The van der Waals surface area contributed by atoms with Crippen LogP contribution < -0.4 is 0 Å². The first-order chi connectivity index (χ1) is 13.3. The maximum absolute atomic E-state index is 13.1. The van der Waals surface area contributed by atoms with E-state index in [4.69, 9.17) is 9.47 Å². The molecule has 0 amide bonds. The molecule has 0 fully saturated rings. The Labute approximate surface area is 186 Å². The maximum atomic E-state index is 13.1. The molecule has 2 atom stereocenters. The van der Waals surface area contributed by atoms with E-state index >= 15 is 0 Å². The highest BCUT2D eigenvalue weighted by molar-refractivity contribution is 9.11. The van der Waals surface area contributed by atoms with Gasteiger partial charge in [0.05, 0.1) is 30.5 Å². The highest BCUT2D eigenvalue weighted by Crippen LogP contribution is 2.32. The molecule has 0 aliphatic rings. The molecular weight excluding hydrogens is 536 g/mol. The van der Waals surface area contributed by atoms with Crippen molar-refractivity contribution in [2.75, 3.05) is 13.2 Å². The molecule has 2 unspecified atom stereocenters. The van der Waals surface area contributed by atoms with Crippen molar-refractivity contribution < 1.29 is 28.7 Å². The zero-order valence-electron chi connectivity index (χ0n) is 14.9. The Morgan fingerprint density at radius 3 is 1.39 bits per heavy atom. The maximum Gasteiger partial charge on any atom is 0.318 e. The van der Waals surface area contributed by atoms with Crippen LogP contribution in [-0.2, 0) is 19.1 Å². The molecule has 0 aromatic carbocycles. The van der Waals surface area contributed by atoms with Crippen LogP contribution >= 0.6 is 54.5 Å². The van der Waals surface area contributed by atoms with E-state index in [9.17, 15) is 19.2 Å². The molecule has 2 rings (SSSR count). The Bertz CT molecular complexity index is 816. The number of rotatable bonds is 9. The summed E-state index contributed by atoms with van der Waals surface area (Å²) in [6, 6.07) is 6.35. The molecule has 0 spiro atoms. The number of hydrogen-bond donors (Lipinski definition) is 0. The van der Waals surface area contributed by atoms with E-state index < -0.39 is 35.3 Å². The third-order valence-corrected chi connectivity index (χ3v) is 6.89. The van der Waals surface area contributed by atoms with Crippen LogP contribution in [0.5, 0.6) is 0 Å². The molecular formula is C18H16Br2O6S2. The Balaban J connectivity index is 2.53. The molecule has 28 heavy (non-hydrogen) atoms. The first-order valence-electron chi connectivity index (χ1n) is 8.22. The summed E-state index contributed by atoms with van der Waals surface area (Å²) in [6.45, 7) is 3.17. The van der Waals surface area contributed by atoms with Gasteiger partial charge in [-0.05, 0) is 70.0 Å². The lowest BCUT2D eigenvalue weighted by molar-refractivity contribution is -0.156. The molecule has 0 bridgehead atoms. The minimum Gasteiger partial charge on any atom is -0.465 e. The van der Waals surface area contributed by atoms with E-state index in [0.29, 0.717) is 7.57 Å². The second-order valence-corrected chi connectivity index (χ2v) is 10.3. The summed E-state index contributed by atoms with van der Waals surface area (Å²) in [4.78, 5) is 51.9. The zero-order chi connectivity index (χ0) is 20.8. The van der Waals surface area contributed by atoms with Crippen LogP contribution in [0.2, 0.25) is 0 Å². The summed E-state index contributed by atoms with van der Waals surface area (Å²) in [6.07, 6.45) is 0. The monoisotopic (exact) mass is 550 g/mol. The number of esters is 2. The van der Waals surface area contributed by atoms with Crippen LogP contribution in [0, 0.1) is 11.8 Å². The van der Waals surface area contributed by atoms with Gasteiger partial charge in [0.1, 0.15) is 11.8 Å². The van der Waals surface area contributed by atoms with Gasteiger partial charge in [-0.2, -0.15) is 0 Å². The first-order valence-corrected chi connectivity index (χ1v) is 11.4. The van der Waals surface area contributed by atoms with E-state index in [0.717, 1.165) is 22.7 Å². The van der Waals surface area contributed by atoms with E-state index in [1.807, 2.05) is 0 Å². The fraction of sp³-hybridized carbons (Fsp3) is 0.333. The Morgan fingerprint density at radius 2 is 1.14 bits per heavy atom. The number of ether oxygens (including phenoxy) is 2. The van der Waals surface area contributed by atoms with Crippen LogP contribution in [0.4, 0.5) is 0 Å². The van der Waals surface area contributed by atoms with E-state index in [-0.39, 0.29) is 23.0 Å². The minimum absolute atomic E-state index is 0.00499. The van der Waals surface area contributed by atoms with Crippen molar-refractivity contribution >= 4 is 78.0 Å². The van der Waals surface area contributed by atoms with E-state index in [1.54, 1.807) is 26.0 Å². The quantitative estimate of drug-likeness (QED) is 0.254. The number of carbonyl (C=O) groups excluding carboxylic acids is 4. The SMILES string of the molecule is CCOC(=O)C(C(=O)c1ccc(Br)s1)C(C(=O)OCC)C(=O)c1ccc(Br)s1. The second-order valence-electron chi connectivity index (χ2n) is 5.40. The predicted molar refractivity (Wildman–Crippen MR) is 113 cm³/mol. The van der Waals surface area contributed by atoms with Crippen molar-refractivity contribution in [3.8, 4) is 0 Å². The van der Waals surface area contributed by atoms with Crippen LogP contribution in [0.15, 0.2) is 31.8 Å². The fourth-order valence-corrected chi connectivity index (χ4v) is 5.18. The number of halogens is 2. The molecule has 2 heterocycles. The molecule has 6 nitrogen and oxygen atoms in total. The Hall–Kier alpha value is -1.36. The zero-order valence-corrected chi connectivity index (χ0v) is 19.7. The standard InChI is InChI=1S/C18H16Br2O6S2/c1-3-25-17(23)13(15(21)9-5-7-11(19)27-9)14(18(24)26-4-2)16(22)10-6-8-12(20)28-10/h5-8,13-14H,3-4H2,1-2H3. The summed E-state index contributed by atoms with van der Waals surface area (Å²) in [5.74, 6) is -6.43. The highest BCUT2D eigenvalue weighted by Gasteiger charge is 2.47. The third kappa shape index (κ3) is 5.37. The Kier molecular flexibility index (Phi) is 8.54. The van der Waals surface area contributed by atoms with E-state index in [2.05, 4.69) is 31.9 Å². The average Bonchev–Trinajstić information content (AvgIpc) is 3.27. The summed E-state index contributed by atoms with van der Waals surface area (Å²) >= 11 is 8.74. The van der Waals surface area contributed by atoms with Gasteiger partial charge < -0.3 is 9.47 Å². The lowest BCUT2D eigenvalue weighted by atomic mass is 9.84. The van der Waals surface area contributed by atoms with Crippen molar-refractivity contribution in [1.82, 2.24) is 0 Å². The molecule has 150 valence electrons. The number of Topliss-reactive ketones (excluding diaryl/α,β-unsaturated/α-hetero) is 2. The molecule has 2 aromatic rings. The number of ketones is 2. The highest BCUT2D eigenvalue weighted by atomic mass is 79.9. The summed E-state index contributed by atoms with van der Waals surface area (Å²) in [5.41, 5.74) is 0. The van der Waals surface area contributed by atoms with Crippen LogP contribution in [0.1, 0.15) is 33.2 Å². The molecule has 0 aliphatic carbocycles. The molecule has 0 N–H and O–H groups in total. The van der Waals surface area contributed by atoms with Gasteiger partial charge in [-0.3, -0.25) is 19.2 Å². The van der Waals surface area contributed by atoms with Gasteiger partial charge >= 0.3 is 11.9 Å². The largest absolute Gasteiger partial charge is 0.465 e. The van der Waals surface area contributed by atoms with Gasteiger partial charge in [0.2, 0.25) is 0 Å².